The number of hydrogen-bond donors (Lipinski definition) is 2. The number of esters is 1. The summed E-state index contributed by atoms with van der Waals surface area (Å²) < 4.78 is 10.1. The number of methoxy groups -OCH3 is 1. The van der Waals surface area contributed by atoms with Gasteiger partial charge in [-0.2, -0.15) is 0 Å². The molecule has 1 heterocycles. The predicted molar refractivity (Wildman–Crippen MR) is 105 cm³/mol. The van der Waals surface area contributed by atoms with Crippen LogP contribution in [-0.4, -0.2) is 35.5 Å². The second-order valence-corrected chi connectivity index (χ2v) is 6.58. The molecule has 1 aromatic rings. The topological polar surface area (TPSA) is 79.9 Å². The average Bonchev–Trinajstić information content (AvgIpc) is 3.10. The van der Waals surface area contributed by atoms with Crippen LogP contribution in [0.2, 0.25) is 0 Å². The number of carbonyl (C=O) groups is 1. The number of carbonyl (C=O) groups excluding carboxylic acids is 1. The molecule has 2 atom stereocenters. The fourth-order valence-electron chi connectivity index (χ4n) is 2.54. The van der Waals surface area contributed by atoms with Crippen LogP contribution in [0, 0.1) is 11.8 Å². The first-order valence-corrected chi connectivity index (χ1v) is 9.73. The molecule has 27 heavy (non-hydrogen) atoms. The summed E-state index contributed by atoms with van der Waals surface area (Å²) in [6.45, 7) is 2.18. The van der Waals surface area contributed by atoms with Crippen LogP contribution in [0.5, 0.6) is 0 Å². The molecule has 1 rings (SSSR count). The number of unbranched alkanes of at least 4 members (excludes halogenated alkanes) is 3. The van der Waals surface area contributed by atoms with Crippen molar-refractivity contribution in [1.29, 1.82) is 0 Å². The molecule has 2 unspecified atom stereocenters. The van der Waals surface area contributed by atoms with Crippen molar-refractivity contribution < 1.29 is 24.2 Å². The first-order valence-electron chi connectivity index (χ1n) is 9.73. The summed E-state index contributed by atoms with van der Waals surface area (Å²) in [6, 6.07) is 3.50. The van der Waals surface area contributed by atoms with E-state index >= 15 is 0 Å². The molecule has 2 N–H and O–H groups in total. The monoisotopic (exact) mass is 376 g/mol. The van der Waals surface area contributed by atoms with E-state index in [0.29, 0.717) is 43.6 Å². The van der Waals surface area contributed by atoms with Gasteiger partial charge < -0.3 is 19.4 Å². The molecule has 5 nitrogen and oxygen atoms in total. The molecule has 0 radical (unpaired) electrons. The highest BCUT2D eigenvalue weighted by Gasteiger charge is 2.10. The molecule has 0 saturated heterocycles. The summed E-state index contributed by atoms with van der Waals surface area (Å²) in [5, 5.41) is 19.9. The maximum Gasteiger partial charge on any atom is 0.305 e. The Morgan fingerprint density at radius 2 is 2.07 bits per heavy atom. The highest BCUT2D eigenvalue weighted by molar-refractivity contribution is 5.68. The van der Waals surface area contributed by atoms with Gasteiger partial charge in [0.05, 0.1) is 13.2 Å². The van der Waals surface area contributed by atoms with Gasteiger partial charge in [-0.3, -0.25) is 4.79 Å². The van der Waals surface area contributed by atoms with Crippen LogP contribution in [-0.2, 0) is 16.0 Å². The number of aliphatic hydroxyl groups is 2. The number of furan rings is 1. The van der Waals surface area contributed by atoms with Gasteiger partial charge in [0.2, 0.25) is 0 Å². The lowest BCUT2D eigenvalue weighted by atomic mass is 10.1. The smallest absolute Gasteiger partial charge is 0.305 e. The Bertz CT molecular complexity index is 620. The molecule has 1 aromatic heterocycles. The Morgan fingerprint density at radius 1 is 1.26 bits per heavy atom. The summed E-state index contributed by atoms with van der Waals surface area (Å²) >= 11 is 0. The zero-order chi connectivity index (χ0) is 19.9. The van der Waals surface area contributed by atoms with Gasteiger partial charge in [0.1, 0.15) is 11.9 Å². The van der Waals surface area contributed by atoms with Crippen LogP contribution in [0.3, 0.4) is 0 Å². The first-order chi connectivity index (χ1) is 13.0. The molecule has 0 bridgehead atoms. The van der Waals surface area contributed by atoms with Crippen molar-refractivity contribution in [2.24, 2.45) is 0 Å². The van der Waals surface area contributed by atoms with Crippen LogP contribution >= 0.6 is 0 Å². The summed E-state index contributed by atoms with van der Waals surface area (Å²) in [5.41, 5.74) is 0. The van der Waals surface area contributed by atoms with E-state index in [9.17, 15) is 15.0 Å². The van der Waals surface area contributed by atoms with Crippen molar-refractivity contribution >= 4 is 5.97 Å². The van der Waals surface area contributed by atoms with Crippen LogP contribution < -0.4 is 0 Å². The fraction of sp³-hybridized carbons (Fsp3) is 0.591. The third-order valence-corrected chi connectivity index (χ3v) is 4.11. The van der Waals surface area contributed by atoms with Crippen molar-refractivity contribution in [3.63, 3.8) is 0 Å². The highest BCUT2D eigenvalue weighted by Crippen LogP contribution is 2.13. The average molecular weight is 376 g/mol. The van der Waals surface area contributed by atoms with E-state index in [4.69, 9.17) is 4.42 Å². The lowest BCUT2D eigenvalue weighted by Crippen LogP contribution is -2.11. The highest BCUT2D eigenvalue weighted by atomic mass is 16.5. The predicted octanol–water partition coefficient (Wildman–Crippen LogP) is 3.77. The molecule has 0 aliphatic rings. The standard InChI is InChI=1S/C22H32O5/c1-3-4-5-6-7-8-10-18(23)13-14-20-15-16-21(27-20)17-19(24)11-9-12-22(25)26-2/h7-8,15-16,18-19,23-24H,3-6,9-12,17H2,1-2H3/b8-7-. The Kier molecular flexibility index (Phi) is 12.0. The minimum atomic E-state index is -0.718. The Labute approximate surface area is 162 Å². The quantitative estimate of drug-likeness (QED) is 0.251. The Hall–Kier alpha value is -2.03. The molecular formula is C22H32O5. The molecule has 0 aromatic carbocycles. The number of ether oxygens (including phenoxy) is 1. The zero-order valence-electron chi connectivity index (χ0n) is 16.4. The second-order valence-electron chi connectivity index (χ2n) is 6.58. The van der Waals surface area contributed by atoms with Gasteiger partial charge in [-0.05, 0) is 43.7 Å². The van der Waals surface area contributed by atoms with E-state index in [2.05, 4.69) is 29.6 Å². The maximum absolute atomic E-state index is 11.0. The number of aliphatic hydroxyl groups excluding tert-OH is 2. The molecule has 5 heteroatoms. The summed E-state index contributed by atoms with van der Waals surface area (Å²) in [7, 11) is 1.35. The molecule has 0 saturated carbocycles. The minimum Gasteiger partial charge on any atom is -0.469 e. The van der Waals surface area contributed by atoms with Crippen molar-refractivity contribution in [2.45, 2.75) is 76.9 Å². The Balaban J connectivity index is 2.33. The fourth-order valence-corrected chi connectivity index (χ4v) is 2.54. The van der Waals surface area contributed by atoms with E-state index in [1.807, 2.05) is 6.08 Å². The lowest BCUT2D eigenvalue weighted by molar-refractivity contribution is -0.140. The maximum atomic E-state index is 11.0. The molecule has 0 fully saturated rings. The first kappa shape index (κ1) is 23.0. The third-order valence-electron chi connectivity index (χ3n) is 4.11. The van der Waals surface area contributed by atoms with E-state index in [1.165, 1.54) is 26.4 Å². The number of allylic oxidation sites excluding steroid dienone is 1. The molecule has 0 aliphatic heterocycles. The number of hydrogen-bond acceptors (Lipinski definition) is 5. The van der Waals surface area contributed by atoms with Crippen molar-refractivity contribution in [1.82, 2.24) is 0 Å². The normalized spacial score (nSPS) is 13.2. The molecule has 0 aliphatic carbocycles. The van der Waals surface area contributed by atoms with Gasteiger partial charge in [0.25, 0.3) is 0 Å². The van der Waals surface area contributed by atoms with Crippen LogP contribution in [0.4, 0.5) is 0 Å². The van der Waals surface area contributed by atoms with Gasteiger partial charge in [-0.25, -0.2) is 0 Å². The van der Waals surface area contributed by atoms with E-state index < -0.39 is 12.2 Å². The van der Waals surface area contributed by atoms with Gasteiger partial charge >= 0.3 is 5.97 Å². The van der Waals surface area contributed by atoms with Gasteiger partial charge in [-0.1, -0.05) is 37.8 Å². The SMILES string of the molecule is CCCCC/C=C\CC(O)C#Cc1ccc(CC(O)CCCC(=O)OC)o1. The van der Waals surface area contributed by atoms with Crippen LogP contribution in [0.25, 0.3) is 0 Å². The van der Waals surface area contributed by atoms with Gasteiger partial charge in [0, 0.05) is 19.3 Å². The van der Waals surface area contributed by atoms with E-state index in [1.54, 1.807) is 12.1 Å². The molecular weight excluding hydrogens is 344 g/mol. The zero-order valence-corrected chi connectivity index (χ0v) is 16.4. The third kappa shape index (κ3) is 11.3. The summed E-state index contributed by atoms with van der Waals surface area (Å²) in [5.74, 6) is 6.42. The van der Waals surface area contributed by atoms with Crippen molar-refractivity contribution in [3.05, 3.63) is 35.8 Å². The summed E-state index contributed by atoms with van der Waals surface area (Å²) in [4.78, 5) is 11.0. The van der Waals surface area contributed by atoms with Crippen molar-refractivity contribution in [3.8, 4) is 11.8 Å². The van der Waals surface area contributed by atoms with Crippen molar-refractivity contribution in [2.75, 3.05) is 7.11 Å². The second kappa shape index (κ2) is 14.1. The van der Waals surface area contributed by atoms with Crippen LogP contribution in [0.1, 0.15) is 69.8 Å². The van der Waals surface area contributed by atoms with Gasteiger partial charge in [-0.15, -0.1) is 0 Å². The van der Waals surface area contributed by atoms with Gasteiger partial charge in [0.15, 0.2) is 5.76 Å². The number of rotatable bonds is 12. The van der Waals surface area contributed by atoms with Crippen LogP contribution in [0.15, 0.2) is 28.7 Å². The van der Waals surface area contributed by atoms with E-state index in [0.717, 1.165) is 6.42 Å². The Morgan fingerprint density at radius 3 is 2.81 bits per heavy atom. The molecule has 0 spiro atoms. The lowest BCUT2D eigenvalue weighted by Gasteiger charge is -2.07. The summed E-state index contributed by atoms with van der Waals surface area (Å²) in [6.07, 6.45) is 9.65. The molecule has 150 valence electrons. The molecule has 0 amide bonds. The van der Waals surface area contributed by atoms with E-state index in [-0.39, 0.29) is 5.97 Å². The largest absolute Gasteiger partial charge is 0.469 e. The minimum absolute atomic E-state index is 0.271.